The van der Waals surface area contributed by atoms with E-state index in [0.29, 0.717) is 19.0 Å². The summed E-state index contributed by atoms with van der Waals surface area (Å²) in [6.07, 6.45) is 6.19. The Morgan fingerprint density at radius 2 is 2.00 bits per heavy atom. The number of rotatable bonds is 3. The van der Waals surface area contributed by atoms with Crippen molar-refractivity contribution >= 4 is 33.4 Å². The van der Waals surface area contributed by atoms with Crippen molar-refractivity contribution in [2.45, 2.75) is 51.5 Å². The third-order valence-corrected chi connectivity index (χ3v) is 5.86. The Morgan fingerprint density at radius 1 is 1.26 bits per heavy atom. The largest absolute Gasteiger partial charge is 0.339 e. The first-order valence-corrected chi connectivity index (χ1v) is 9.20. The third-order valence-electron chi connectivity index (χ3n) is 4.97. The minimum atomic E-state index is -0.228. The Labute approximate surface area is 145 Å². The first-order valence-electron chi connectivity index (χ1n) is 8.41. The summed E-state index contributed by atoms with van der Waals surface area (Å²) in [5, 5.41) is 2.96. The highest BCUT2D eigenvalue weighted by molar-refractivity contribution is 9.10. The molecular weight excluding hydrogens is 356 g/mol. The van der Waals surface area contributed by atoms with E-state index in [4.69, 9.17) is 0 Å². The molecule has 0 radical (unpaired) electrons. The molecule has 1 aliphatic carbocycles. The number of carbonyl (C=O) groups excluding carboxylic acids is 2. The van der Waals surface area contributed by atoms with Crippen molar-refractivity contribution in [3.8, 4) is 0 Å². The maximum atomic E-state index is 12.5. The number of nitrogens with one attached hydrogen (secondary N) is 1. The van der Waals surface area contributed by atoms with Crippen LogP contribution in [-0.2, 0) is 9.59 Å². The van der Waals surface area contributed by atoms with Crippen LogP contribution in [-0.4, -0.2) is 29.3 Å². The highest BCUT2D eigenvalue weighted by atomic mass is 79.9. The van der Waals surface area contributed by atoms with Gasteiger partial charge in [-0.2, -0.15) is 0 Å². The molecule has 3 rings (SSSR count). The summed E-state index contributed by atoms with van der Waals surface area (Å²) >= 11 is 3.46. The average Bonchev–Trinajstić information content (AvgIpc) is 2.94. The van der Waals surface area contributed by atoms with E-state index in [-0.39, 0.29) is 17.7 Å². The molecular formula is C18H23BrN2O2. The van der Waals surface area contributed by atoms with E-state index in [2.05, 4.69) is 21.2 Å². The first-order chi connectivity index (χ1) is 11.0. The fourth-order valence-electron chi connectivity index (χ4n) is 3.62. The molecule has 1 saturated carbocycles. The first kappa shape index (κ1) is 16.5. The van der Waals surface area contributed by atoms with Crippen molar-refractivity contribution < 1.29 is 9.59 Å². The van der Waals surface area contributed by atoms with E-state index in [0.717, 1.165) is 28.6 Å². The molecule has 0 unspecified atom stereocenters. The number of anilines is 1. The van der Waals surface area contributed by atoms with Crippen molar-refractivity contribution in [2.75, 3.05) is 11.9 Å². The molecule has 1 aromatic rings. The summed E-state index contributed by atoms with van der Waals surface area (Å²) < 4.78 is 1.02. The van der Waals surface area contributed by atoms with Gasteiger partial charge in [-0.05, 0) is 43.5 Å². The van der Waals surface area contributed by atoms with Crippen molar-refractivity contribution in [1.82, 2.24) is 4.90 Å². The molecule has 124 valence electrons. The Bertz CT molecular complexity index is 611. The van der Waals surface area contributed by atoms with Crippen LogP contribution >= 0.6 is 15.9 Å². The van der Waals surface area contributed by atoms with Crippen LogP contribution in [0.3, 0.4) is 0 Å². The number of likely N-dealkylation sites (tertiary alicyclic amines) is 1. The zero-order valence-electron chi connectivity index (χ0n) is 13.5. The van der Waals surface area contributed by atoms with Crippen molar-refractivity contribution in [1.29, 1.82) is 0 Å². The molecule has 0 aromatic heterocycles. The highest BCUT2D eigenvalue weighted by Gasteiger charge is 2.38. The molecule has 4 nitrogen and oxygen atoms in total. The molecule has 1 N–H and O–H groups in total. The highest BCUT2D eigenvalue weighted by Crippen LogP contribution is 2.29. The van der Waals surface area contributed by atoms with Gasteiger partial charge >= 0.3 is 0 Å². The van der Waals surface area contributed by atoms with Crippen LogP contribution in [0.25, 0.3) is 0 Å². The van der Waals surface area contributed by atoms with Crippen molar-refractivity contribution in [2.24, 2.45) is 5.92 Å². The SMILES string of the molecule is Cc1cc(NC(=O)[C@@H]2CC(=O)N(C3CCCCC3)C2)ccc1Br. The topological polar surface area (TPSA) is 49.4 Å². The number of carbonyl (C=O) groups is 2. The van der Waals surface area contributed by atoms with Gasteiger partial charge in [-0.3, -0.25) is 9.59 Å². The minimum Gasteiger partial charge on any atom is -0.339 e. The number of hydrogen-bond acceptors (Lipinski definition) is 2. The Kier molecular flexibility index (Phi) is 5.05. The van der Waals surface area contributed by atoms with E-state index < -0.39 is 0 Å². The average molecular weight is 379 g/mol. The molecule has 1 atom stereocenters. The lowest BCUT2D eigenvalue weighted by atomic mass is 9.94. The van der Waals surface area contributed by atoms with Crippen LogP contribution in [0.4, 0.5) is 5.69 Å². The lowest BCUT2D eigenvalue weighted by Gasteiger charge is -2.31. The van der Waals surface area contributed by atoms with E-state index in [1.165, 1.54) is 19.3 Å². The van der Waals surface area contributed by atoms with Gasteiger partial charge in [0.25, 0.3) is 0 Å². The monoisotopic (exact) mass is 378 g/mol. The summed E-state index contributed by atoms with van der Waals surface area (Å²) in [6.45, 7) is 2.56. The molecule has 1 aliphatic heterocycles. The van der Waals surface area contributed by atoms with Gasteiger partial charge in [-0.25, -0.2) is 0 Å². The van der Waals surface area contributed by atoms with Gasteiger partial charge in [0, 0.05) is 29.2 Å². The van der Waals surface area contributed by atoms with Gasteiger partial charge in [0.05, 0.1) is 5.92 Å². The quantitative estimate of drug-likeness (QED) is 0.867. The fraction of sp³-hybridized carbons (Fsp3) is 0.556. The Hall–Kier alpha value is -1.36. The van der Waals surface area contributed by atoms with Crippen molar-refractivity contribution in [3.05, 3.63) is 28.2 Å². The number of halogens is 1. The second kappa shape index (κ2) is 7.04. The lowest BCUT2D eigenvalue weighted by molar-refractivity contribution is -0.130. The molecule has 0 spiro atoms. The number of nitrogens with zero attached hydrogens (tertiary/aromatic N) is 1. The van der Waals surface area contributed by atoms with Crippen LogP contribution in [0.15, 0.2) is 22.7 Å². The Morgan fingerprint density at radius 3 is 2.70 bits per heavy atom. The summed E-state index contributed by atoms with van der Waals surface area (Å²) in [6, 6.07) is 6.10. The smallest absolute Gasteiger partial charge is 0.229 e. The molecule has 2 fully saturated rings. The zero-order chi connectivity index (χ0) is 16.4. The second-order valence-electron chi connectivity index (χ2n) is 6.69. The van der Waals surface area contributed by atoms with E-state index in [1.807, 2.05) is 30.0 Å². The molecule has 2 amide bonds. The predicted octanol–water partition coefficient (Wildman–Crippen LogP) is 3.88. The fourth-order valence-corrected chi connectivity index (χ4v) is 3.87. The van der Waals surface area contributed by atoms with Crippen LogP contribution in [0.5, 0.6) is 0 Å². The second-order valence-corrected chi connectivity index (χ2v) is 7.55. The van der Waals surface area contributed by atoms with Crippen LogP contribution in [0.2, 0.25) is 0 Å². The van der Waals surface area contributed by atoms with Crippen LogP contribution < -0.4 is 5.32 Å². The predicted molar refractivity (Wildman–Crippen MR) is 94.2 cm³/mol. The summed E-state index contributed by atoms with van der Waals surface area (Å²) in [5.41, 5.74) is 1.87. The molecule has 1 heterocycles. The van der Waals surface area contributed by atoms with Gasteiger partial charge in [0.2, 0.25) is 11.8 Å². The van der Waals surface area contributed by atoms with Crippen LogP contribution in [0, 0.1) is 12.8 Å². The lowest BCUT2D eigenvalue weighted by Crippen LogP contribution is -2.38. The van der Waals surface area contributed by atoms with Gasteiger partial charge in [-0.1, -0.05) is 35.2 Å². The summed E-state index contributed by atoms with van der Waals surface area (Å²) in [5.74, 6) is -0.129. The normalized spacial score (nSPS) is 22.4. The van der Waals surface area contributed by atoms with E-state index >= 15 is 0 Å². The standard InChI is InChI=1S/C18H23BrN2O2/c1-12-9-14(7-8-16(12)19)20-18(23)13-10-17(22)21(11-13)15-5-3-2-4-6-15/h7-9,13,15H,2-6,10-11H2,1H3,(H,20,23)/t13-/m1/s1. The van der Waals surface area contributed by atoms with E-state index in [9.17, 15) is 9.59 Å². The third kappa shape index (κ3) is 3.77. The molecule has 1 saturated heterocycles. The molecule has 0 bridgehead atoms. The van der Waals surface area contributed by atoms with Gasteiger partial charge in [0.15, 0.2) is 0 Å². The molecule has 5 heteroatoms. The van der Waals surface area contributed by atoms with Gasteiger partial charge < -0.3 is 10.2 Å². The molecule has 2 aliphatic rings. The van der Waals surface area contributed by atoms with Gasteiger partial charge in [0.1, 0.15) is 0 Å². The van der Waals surface area contributed by atoms with Crippen molar-refractivity contribution in [3.63, 3.8) is 0 Å². The summed E-state index contributed by atoms with van der Waals surface area (Å²) in [4.78, 5) is 26.7. The zero-order valence-corrected chi connectivity index (χ0v) is 15.1. The number of aryl methyl sites for hydroxylation is 1. The van der Waals surface area contributed by atoms with Gasteiger partial charge in [-0.15, -0.1) is 0 Å². The molecule has 1 aromatic carbocycles. The molecule has 23 heavy (non-hydrogen) atoms. The maximum absolute atomic E-state index is 12.5. The minimum absolute atomic E-state index is 0.0432. The maximum Gasteiger partial charge on any atom is 0.229 e. The Balaban J connectivity index is 1.61. The number of benzene rings is 1. The summed E-state index contributed by atoms with van der Waals surface area (Å²) in [7, 11) is 0. The van der Waals surface area contributed by atoms with E-state index in [1.54, 1.807) is 0 Å². The number of amides is 2. The number of hydrogen-bond donors (Lipinski definition) is 1. The van der Waals surface area contributed by atoms with Crippen LogP contribution in [0.1, 0.15) is 44.1 Å².